The minimum absolute atomic E-state index is 0.0112. The van der Waals surface area contributed by atoms with Gasteiger partial charge in [-0.25, -0.2) is 18.7 Å². The number of hydrogen-bond donors (Lipinski definition) is 3. The zero-order chi connectivity index (χ0) is 29.2. The molecule has 1 fully saturated rings. The summed E-state index contributed by atoms with van der Waals surface area (Å²) in [7, 11) is 0. The highest BCUT2D eigenvalue weighted by Gasteiger charge is 2.29. The fourth-order valence-electron chi connectivity index (χ4n) is 4.60. The van der Waals surface area contributed by atoms with Gasteiger partial charge in [-0.05, 0) is 54.8 Å². The molecule has 11 heteroatoms. The molecule has 0 bridgehead atoms. The third kappa shape index (κ3) is 5.68. The van der Waals surface area contributed by atoms with Crippen molar-refractivity contribution >= 4 is 34.1 Å². The largest absolute Gasteiger partial charge is 0.454 e. The Kier molecular flexibility index (Phi) is 7.32. The van der Waals surface area contributed by atoms with Crippen molar-refractivity contribution < 1.29 is 23.4 Å². The quantitative estimate of drug-likeness (QED) is 0.211. The number of fused-ring (bicyclic) bond motifs is 1. The molecule has 3 aromatic heterocycles. The minimum atomic E-state index is -0.676. The summed E-state index contributed by atoms with van der Waals surface area (Å²) in [4.78, 5) is 34.2. The van der Waals surface area contributed by atoms with Crippen LogP contribution in [0.25, 0.3) is 22.0 Å². The number of anilines is 3. The van der Waals surface area contributed by atoms with Crippen molar-refractivity contribution in [2.45, 2.75) is 19.4 Å². The molecule has 0 atom stereocenters. The van der Waals surface area contributed by atoms with Crippen molar-refractivity contribution in [2.75, 3.05) is 17.2 Å². The van der Waals surface area contributed by atoms with E-state index in [0.29, 0.717) is 33.9 Å². The molecule has 3 heterocycles. The maximum atomic E-state index is 15.1. The van der Waals surface area contributed by atoms with Gasteiger partial charge in [0.15, 0.2) is 11.6 Å². The van der Waals surface area contributed by atoms with Gasteiger partial charge in [0.1, 0.15) is 23.2 Å². The van der Waals surface area contributed by atoms with Crippen LogP contribution in [0.15, 0.2) is 84.0 Å². The molecule has 5 aromatic rings. The number of hydrogen-bond acceptors (Lipinski definition) is 7. The summed E-state index contributed by atoms with van der Waals surface area (Å²) in [5, 5.41) is 15.6. The molecule has 3 N–H and O–H groups in total. The van der Waals surface area contributed by atoms with Gasteiger partial charge in [-0.15, -0.1) is 0 Å². The second-order valence-corrected chi connectivity index (χ2v) is 9.86. The smallest absolute Gasteiger partial charge is 0.228 e. The van der Waals surface area contributed by atoms with Gasteiger partial charge in [-0.3, -0.25) is 9.59 Å². The molecule has 1 amide bonds. The van der Waals surface area contributed by atoms with E-state index in [1.54, 1.807) is 29.0 Å². The van der Waals surface area contributed by atoms with Crippen LogP contribution in [-0.4, -0.2) is 32.2 Å². The van der Waals surface area contributed by atoms with E-state index in [2.05, 4.69) is 20.6 Å². The topological polar surface area (TPSA) is 118 Å². The Morgan fingerprint density at radius 2 is 1.81 bits per heavy atom. The summed E-state index contributed by atoms with van der Waals surface area (Å²) in [6.07, 6.45) is 6.30. The second kappa shape index (κ2) is 11.4. The summed E-state index contributed by atoms with van der Waals surface area (Å²) in [5.41, 5.74) is 1.27. The van der Waals surface area contributed by atoms with E-state index in [4.69, 9.17) is 4.74 Å². The summed E-state index contributed by atoms with van der Waals surface area (Å²) in [5.74, 6) is -0.453. The first kappa shape index (κ1) is 27.0. The standard InChI is InChI=1S/C31H25F2N5O4/c32-20-5-3-18(4-6-20)23-17-38(13-14-39)25-10-12-35-30(28(25)29(23)40)36-21-7-8-26(24(33)15-21)42-22-9-11-34-27(16-22)37-31(41)19-1-2-19/h3-12,15-17,19,39H,1-2,13-14H2,(H,35,36)(H,34,37,41). The minimum Gasteiger partial charge on any atom is -0.454 e. The van der Waals surface area contributed by atoms with E-state index in [9.17, 15) is 19.1 Å². The molecule has 0 spiro atoms. The number of benzene rings is 2. The maximum Gasteiger partial charge on any atom is 0.228 e. The first-order valence-electron chi connectivity index (χ1n) is 13.3. The SMILES string of the molecule is O=C(Nc1cc(Oc2ccc(Nc3nccc4c3c(=O)c(-c3ccc(F)cc3)cn4CCO)cc2F)ccn1)C1CC1. The molecular formula is C31H25F2N5O4. The van der Waals surface area contributed by atoms with Crippen LogP contribution in [0, 0.1) is 17.6 Å². The van der Waals surface area contributed by atoms with Crippen molar-refractivity contribution in [3.05, 3.63) is 101 Å². The number of aromatic nitrogens is 3. The molecule has 1 aliphatic rings. The van der Waals surface area contributed by atoms with Crippen LogP contribution in [-0.2, 0) is 11.3 Å². The molecule has 0 saturated heterocycles. The van der Waals surface area contributed by atoms with E-state index < -0.39 is 11.6 Å². The van der Waals surface area contributed by atoms with Gasteiger partial charge >= 0.3 is 0 Å². The third-order valence-corrected chi connectivity index (χ3v) is 6.84. The van der Waals surface area contributed by atoms with Crippen LogP contribution in [0.2, 0.25) is 0 Å². The van der Waals surface area contributed by atoms with E-state index in [1.165, 1.54) is 54.9 Å². The molecule has 42 heavy (non-hydrogen) atoms. The molecule has 9 nitrogen and oxygen atoms in total. The highest BCUT2D eigenvalue weighted by Crippen LogP contribution is 2.32. The number of rotatable bonds is 9. The monoisotopic (exact) mass is 569 g/mol. The summed E-state index contributed by atoms with van der Waals surface area (Å²) in [6.45, 7) is 0.0283. The third-order valence-electron chi connectivity index (χ3n) is 6.84. The summed E-state index contributed by atoms with van der Waals surface area (Å²) >= 11 is 0. The van der Waals surface area contributed by atoms with Crippen LogP contribution < -0.4 is 20.8 Å². The van der Waals surface area contributed by atoms with E-state index in [0.717, 1.165) is 12.8 Å². The lowest BCUT2D eigenvalue weighted by atomic mass is 10.0. The van der Waals surface area contributed by atoms with E-state index in [1.807, 2.05) is 0 Å². The Bertz CT molecular complexity index is 1860. The first-order chi connectivity index (χ1) is 20.4. The number of aliphatic hydroxyl groups excluding tert-OH is 1. The van der Waals surface area contributed by atoms with Crippen molar-refractivity contribution in [2.24, 2.45) is 5.92 Å². The van der Waals surface area contributed by atoms with Gasteiger partial charge in [0.25, 0.3) is 0 Å². The Hall–Kier alpha value is -5.16. The fourth-order valence-corrected chi connectivity index (χ4v) is 4.60. The van der Waals surface area contributed by atoms with Crippen LogP contribution in [0.5, 0.6) is 11.5 Å². The number of amides is 1. The maximum absolute atomic E-state index is 15.1. The number of aliphatic hydroxyl groups is 1. The van der Waals surface area contributed by atoms with Gasteiger partial charge in [0.05, 0.1) is 17.5 Å². The predicted octanol–water partition coefficient (Wildman–Crippen LogP) is 5.61. The summed E-state index contributed by atoms with van der Waals surface area (Å²) < 4.78 is 36.1. The molecule has 0 aliphatic heterocycles. The fraction of sp³-hybridized carbons (Fsp3) is 0.161. The molecule has 1 saturated carbocycles. The number of nitrogens with one attached hydrogen (secondary N) is 2. The van der Waals surface area contributed by atoms with Crippen molar-refractivity contribution in [3.63, 3.8) is 0 Å². The lowest BCUT2D eigenvalue weighted by Crippen LogP contribution is -2.15. The Labute approximate surface area is 238 Å². The molecule has 1 aliphatic carbocycles. The van der Waals surface area contributed by atoms with Crippen LogP contribution >= 0.6 is 0 Å². The zero-order valence-corrected chi connectivity index (χ0v) is 22.2. The van der Waals surface area contributed by atoms with E-state index >= 15 is 4.39 Å². The normalized spacial score (nSPS) is 12.7. The number of nitrogens with zero attached hydrogens (tertiary/aromatic N) is 3. The molecule has 2 aromatic carbocycles. The zero-order valence-electron chi connectivity index (χ0n) is 22.2. The number of carbonyl (C=O) groups excluding carboxylic acids is 1. The Morgan fingerprint density at radius 1 is 1.02 bits per heavy atom. The van der Waals surface area contributed by atoms with Crippen molar-refractivity contribution in [3.8, 4) is 22.6 Å². The van der Waals surface area contributed by atoms with Gasteiger partial charge in [-0.2, -0.15) is 0 Å². The van der Waals surface area contributed by atoms with Crippen LogP contribution in [0.4, 0.5) is 26.1 Å². The van der Waals surface area contributed by atoms with Gasteiger partial charge in [0, 0.05) is 54.4 Å². The highest BCUT2D eigenvalue weighted by atomic mass is 19.1. The van der Waals surface area contributed by atoms with Gasteiger partial charge < -0.3 is 25.0 Å². The highest BCUT2D eigenvalue weighted by molar-refractivity contribution is 5.94. The Morgan fingerprint density at radius 3 is 2.55 bits per heavy atom. The lowest BCUT2D eigenvalue weighted by molar-refractivity contribution is -0.117. The predicted molar refractivity (Wildman–Crippen MR) is 154 cm³/mol. The number of pyridine rings is 3. The van der Waals surface area contributed by atoms with Gasteiger partial charge in [-0.1, -0.05) is 12.1 Å². The number of ether oxygens (including phenoxy) is 1. The average Bonchev–Trinajstić information content (AvgIpc) is 3.83. The van der Waals surface area contributed by atoms with Crippen molar-refractivity contribution in [1.29, 1.82) is 0 Å². The van der Waals surface area contributed by atoms with Crippen LogP contribution in [0.3, 0.4) is 0 Å². The van der Waals surface area contributed by atoms with Gasteiger partial charge in [0.2, 0.25) is 11.3 Å². The lowest BCUT2D eigenvalue weighted by Gasteiger charge is -2.16. The van der Waals surface area contributed by atoms with Crippen molar-refractivity contribution in [1.82, 2.24) is 14.5 Å². The van der Waals surface area contributed by atoms with E-state index in [-0.39, 0.29) is 47.4 Å². The number of halogens is 2. The molecule has 6 rings (SSSR count). The molecular weight excluding hydrogens is 544 g/mol. The van der Waals surface area contributed by atoms with Crippen LogP contribution in [0.1, 0.15) is 12.8 Å². The number of carbonyl (C=O) groups is 1. The summed E-state index contributed by atoms with van der Waals surface area (Å²) in [6, 6.07) is 14.5. The molecule has 0 unspecified atom stereocenters. The Balaban J connectivity index is 1.29. The first-order valence-corrected chi connectivity index (χ1v) is 13.3. The molecule has 212 valence electrons. The molecule has 0 radical (unpaired) electrons. The average molecular weight is 570 g/mol. The second-order valence-electron chi connectivity index (χ2n) is 9.86.